The molecule has 0 saturated heterocycles. The standard InChI is InChI=1S/C17H15BrClNO/c1-10-2-7-13(19)8-16(10)20-17(21)15-9-14(15)11-3-5-12(18)6-4-11/h2-8,14-15H,9H2,1H3,(H,20,21). The lowest BCUT2D eigenvalue weighted by atomic mass is 10.1. The molecule has 1 saturated carbocycles. The average Bonchev–Trinajstić information content (AvgIpc) is 3.24. The van der Waals surface area contributed by atoms with E-state index in [1.807, 2.05) is 31.2 Å². The van der Waals surface area contributed by atoms with Crippen LogP contribution in [0, 0.1) is 12.8 Å². The van der Waals surface area contributed by atoms with Gasteiger partial charge in [0.05, 0.1) is 0 Å². The van der Waals surface area contributed by atoms with Gasteiger partial charge in [-0.3, -0.25) is 4.79 Å². The number of carbonyl (C=O) groups is 1. The minimum Gasteiger partial charge on any atom is -0.326 e. The van der Waals surface area contributed by atoms with E-state index in [0.717, 1.165) is 22.1 Å². The summed E-state index contributed by atoms with van der Waals surface area (Å²) in [6, 6.07) is 13.7. The zero-order valence-electron chi connectivity index (χ0n) is 11.6. The van der Waals surface area contributed by atoms with Gasteiger partial charge in [0.2, 0.25) is 5.91 Å². The molecule has 0 spiro atoms. The third-order valence-electron chi connectivity index (χ3n) is 3.88. The van der Waals surface area contributed by atoms with Crippen LogP contribution >= 0.6 is 27.5 Å². The first-order valence-electron chi connectivity index (χ1n) is 6.87. The van der Waals surface area contributed by atoms with Crippen molar-refractivity contribution in [3.05, 3.63) is 63.1 Å². The van der Waals surface area contributed by atoms with Crippen LogP contribution in [0.25, 0.3) is 0 Å². The van der Waals surface area contributed by atoms with E-state index in [2.05, 4.69) is 33.4 Å². The number of anilines is 1. The molecule has 1 aliphatic carbocycles. The maximum absolute atomic E-state index is 12.3. The lowest BCUT2D eigenvalue weighted by Gasteiger charge is -2.08. The maximum atomic E-state index is 12.3. The topological polar surface area (TPSA) is 29.1 Å². The number of amides is 1. The molecule has 2 atom stereocenters. The second kappa shape index (κ2) is 5.82. The van der Waals surface area contributed by atoms with E-state index in [-0.39, 0.29) is 11.8 Å². The molecule has 0 bridgehead atoms. The van der Waals surface area contributed by atoms with Crippen LogP contribution in [0.1, 0.15) is 23.5 Å². The van der Waals surface area contributed by atoms with Crippen LogP contribution in [0.4, 0.5) is 5.69 Å². The summed E-state index contributed by atoms with van der Waals surface area (Å²) in [7, 11) is 0. The number of aryl methyl sites for hydroxylation is 1. The highest BCUT2D eigenvalue weighted by Gasteiger charge is 2.43. The molecule has 1 fully saturated rings. The highest BCUT2D eigenvalue weighted by Crippen LogP contribution is 2.48. The number of rotatable bonds is 3. The summed E-state index contributed by atoms with van der Waals surface area (Å²) in [4.78, 5) is 12.3. The van der Waals surface area contributed by atoms with Gasteiger partial charge < -0.3 is 5.32 Å². The molecule has 2 aromatic rings. The number of nitrogens with one attached hydrogen (secondary N) is 1. The van der Waals surface area contributed by atoms with Crippen LogP contribution in [0.5, 0.6) is 0 Å². The minimum absolute atomic E-state index is 0.0598. The van der Waals surface area contributed by atoms with Crippen molar-refractivity contribution >= 4 is 39.1 Å². The Balaban J connectivity index is 1.68. The zero-order chi connectivity index (χ0) is 15.0. The molecule has 2 nitrogen and oxygen atoms in total. The first kappa shape index (κ1) is 14.6. The van der Waals surface area contributed by atoms with E-state index in [4.69, 9.17) is 11.6 Å². The smallest absolute Gasteiger partial charge is 0.228 e. The van der Waals surface area contributed by atoms with Crippen LogP contribution in [-0.2, 0) is 4.79 Å². The fourth-order valence-electron chi connectivity index (χ4n) is 2.52. The molecule has 1 aliphatic rings. The molecule has 4 heteroatoms. The summed E-state index contributed by atoms with van der Waals surface area (Å²) < 4.78 is 1.06. The first-order valence-corrected chi connectivity index (χ1v) is 8.04. The second-order valence-corrected chi connectivity index (χ2v) is 6.80. The predicted molar refractivity (Wildman–Crippen MR) is 89.8 cm³/mol. The van der Waals surface area contributed by atoms with Crippen LogP contribution in [0.3, 0.4) is 0 Å². The maximum Gasteiger partial charge on any atom is 0.228 e. The van der Waals surface area contributed by atoms with E-state index < -0.39 is 0 Å². The monoisotopic (exact) mass is 363 g/mol. The van der Waals surface area contributed by atoms with Crippen molar-refractivity contribution in [2.24, 2.45) is 5.92 Å². The predicted octanol–water partition coefficient (Wildman–Crippen LogP) is 5.15. The quantitative estimate of drug-likeness (QED) is 0.801. The fraction of sp³-hybridized carbons (Fsp3) is 0.235. The van der Waals surface area contributed by atoms with Gasteiger partial charge in [-0.25, -0.2) is 0 Å². The summed E-state index contributed by atoms with van der Waals surface area (Å²) in [6.45, 7) is 1.96. The second-order valence-electron chi connectivity index (χ2n) is 5.45. The molecular formula is C17H15BrClNO. The summed E-state index contributed by atoms with van der Waals surface area (Å²) in [5.41, 5.74) is 3.05. The van der Waals surface area contributed by atoms with Gasteiger partial charge in [-0.1, -0.05) is 45.7 Å². The molecule has 108 valence electrons. The Bertz CT molecular complexity index is 684. The van der Waals surface area contributed by atoms with Crippen molar-refractivity contribution in [1.82, 2.24) is 0 Å². The highest BCUT2D eigenvalue weighted by molar-refractivity contribution is 9.10. The SMILES string of the molecule is Cc1ccc(Cl)cc1NC(=O)C1CC1c1ccc(Br)cc1. The van der Waals surface area contributed by atoms with E-state index in [1.54, 1.807) is 6.07 Å². The summed E-state index contributed by atoms with van der Waals surface area (Å²) >= 11 is 9.41. The molecule has 1 amide bonds. The molecule has 0 heterocycles. The normalized spacial score (nSPS) is 20.1. The zero-order valence-corrected chi connectivity index (χ0v) is 13.9. The third-order valence-corrected chi connectivity index (χ3v) is 4.65. The molecule has 0 aromatic heterocycles. The van der Waals surface area contributed by atoms with Crippen molar-refractivity contribution in [3.63, 3.8) is 0 Å². The Hall–Kier alpha value is -1.32. The number of carbonyl (C=O) groups excluding carboxylic acids is 1. The molecule has 0 radical (unpaired) electrons. The Morgan fingerprint density at radius 2 is 1.95 bits per heavy atom. The Kier molecular flexibility index (Phi) is 4.05. The van der Waals surface area contributed by atoms with Gasteiger partial charge in [-0.05, 0) is 54.7 Å². The lowest BCUT2D eigenvalue weighted by molar-refractivity contribution is -0.117. The first-order chi connectivity index (χ1) is 10.0. The Morgan fingerprint density at radius 3 is 2.67 bits per heavy atom. The molecular weight excluding hydrogens is 350 g/mol. The van der Waals surface area contributed by atoms with E-state index in [0.29, 0.717) is 10.9 Å². The minimum atomic E-state index is 0.0598. The van der Waals surface area contributed by atoms with Gasteiger partial charge in [0.1, 0.15) is 0 Å². The van der Waals surface area contributed by atoms with Crippen molar-refractivity contribution in [1.29, 1.82) is 0 Å². The number of hydrogen-bond donors (Lipinski definition) is 1. The summed E-state index contributed by atoms with van der Waals surface area (Å²) in [5.74, 6) is 0.468. The van der Waals surface area contributed by atoms with Gasteiger partial charge in [0.25, 0.3) is 0 Å². The Labute approximate surface area is 137 Å². The summed E-state index contributed by atoms with van der Waals surface area (Å²) in [6.07, 6.45) is 0.910. The Morgan fingerprint density at radius 1 is 1.24 bits per heavy atom. The van der Waals surface area contributed by atoms with Gasteiger partial charge in [-0.15, -0.1) is 0 Å². The number of halogens is 2. The van der Waals surface area contributed by atoms with Gasteiger partial charge in [0, 0.05) is 21.1 Å². The van der Waals surface area contributed by atoms with E-state index in [1.165, 1.54) is 5.56 Å². The van der Waals surface area contributed by atoms with Crippen LogP contribution in [0.15, 0.2) is 46.9 Å². The van der Waals surface area contributed by atoms with Crippen molar-refractivity contribution < 1.29 is 4.79 Å². The molecule has 3 rings (SSSR count). The number of hydrogen-bond acceptors (Lipinski definition) is 1. The lowest BCUT2D eigenvalue weighted by Crippen LogP contribution is -2.15. The molecule has 2 unspecified atom stereocenters. The van der Waals surface area contributed by atoms with Crippen molar-refractivity contribution in [2.45, 2.75) is 19.3 Å². The summed E-state index contributed by atoms with van der Waals surface area (Å²) in [5, 5.41) is 3.63. The van der Waals surface area contributed by atoms with Crippen LogP contribution in [-0.4, -0.2) is 5.91 Å². The average molecular weight is 365 g/mol. The van der Waals surface area contributed by atoms with Crippen LogP contribution < -0.4 is 5.32 Å². The van der Waals surface area contributed by atoms with Gasteiger partial charge in [0.15, 0.2) is 0 Å². The molecule has 1 N–H and O–H groups in total. The van der Waals surface area contributed by atoms with Gasteiger partial charge in [-0.2, -0.15) is 0 Å². The molecule has 0 aliphatic heterocycles. The fourth-order valence-corrected chi connectivity index (χ4v) is 2.95. The molecule has 21 heavy (non-hydrogen) atoms. The number of benzene rings is 2. The van der Waals surface area contributed by atoms with E-state index in [9.17, 15) is 4.79 Å². The largest absolute Gasteiger partial charge is 0.326 e. The van der Waals surface area contributed by atoms with Crippen molar-refractivity contribution in [2.75, 3.05) is 5.32 Å². The third kappa shape index (κ3) is 3.30. The molecule has 2 aromatic carbocycles. The highest BCUT2D eigenvalue weighted by atomic mass is 79.9. The van der Waals surface area contributed by atoms with Crippen molar-refractivity contribution in [3.8, 4) is 0 Å². The van der Waals surface area contributed by atoms with Crippen LogP contribution in [0.2, 0.25) is 5.02 Å². The van der Waals surface area contributed by atoms with Gasteiger partial charge >= 0.3 is 0 Å². The van der Waals surface area contributed by atoms with E-state index >= 15 is 0 Å².